The molecule has 0 fully saturated rings. The van der Waals surface area contributed by atoms with E-state index in [4.69, 9.17) is 15.2 Å². The van der Waals surface area contributed by atoms with E-state index < -0.39 is 0 Å². The molecule has 0 atom stereocenters. The first-order valence-corrected chi connectivity index (χ1v) is 5.21. The molecule has 5 heteroatoms. The van der Waals surface area contributed by atoms with E-state index in [1.807, 2.05) is 20.8 Å². The van der Waals surface area contributed by atoms with Crippen molar-refractivity contribution in [1.82, 2.24) is 9.97 Å². The second-order valence-electron chi connectivity index (χ2n) is 4.25. The number of nitrogens with two attached hydrogens (primary N) is 1. The minimum Gasteiger partial charge on any atom is -0.477 e. The van der Waals surface area contributed by atoms with Gasteiger partial charge in [0, 0.05) is 13.5 Å². The Hall–Kier alpha value is -1.36. The van der Waals surface area contributed by atoms with Gasteiger partial charge < -0.3 is 15.2 Å². The largest absolute Gasteiger partial charge is 0.477 e. The number of rotatable bonds is 5. The first-order chi connectivity index (χ1) is 7.46. The van der Waals surface area contributed by atoms with Gasteiger partial charge in [0.1, 0.15) is 12.1 Å². The summed E-state index contributed by atoms with van der Waals surface area (Å²) < 4.78 is 10.8. The van der Waals surface area contributed by atoms with E-state index in [-0.39, 0.29) is 5.60 Å². The van der Waals surface area contributed by atoms with Crippen molar-refractivity contribution in [2.24, 2.45) is 0 Å². The quantitative estimate of drug-likeness (QED) is 0.823. The number of methoxy groups -OCH3 is 1. The molecule has 0 amide bonds. The van der Waals surface area contributed by atoms with E-state index in [9.17, 15) is 0 Å². The molecule has 1 rings (SSSR count). The number of nitrogens with zero attached hydrogens (tertiary/aromatic N) is 2. The molecule has 0 aliphatic heterocycles. The van der Waals surface area contributed by atoms with Crippen LogP contribution in [0.5, 0.6) is 5.88 Å². The fourth-order valence-corrected chi connectivity index (χ4v) is 1.09. The molecule has 0 saturated heterocycles. The number of hydrogen-bond donors (Lipinski definition) is 1. The SMILES string of the molecule is COC(C)(C)CCOc1ncnc(N)c1C. The first-order valence-electron chi connectivity index (χ1n) is 5.21. The zero-order valence-corrected chi connectivity index (χ0v) is 10.3. The van der Waals surface area contributed by atoms with E-state index in [0.717, 1.165) is 12.0 Å². The Labute approximate surface area is 96.0 Å². The molecule has 0 unspecified atom stereocenters. The van der Waals surface area contributed by atoms with Gasteiger partial charge in [-0.3, -0.25) is 0 Å². The van der Waals surface area contributed by atoms with E-state index in [1.165, 1.54) is 6.33 Å². The fraction of sp³-hybridized carbons (Fsp3) is 0.636. The van der Waals surface area contributed by atoms with Crippen LogP contribution in [0.25, 0.3) is 0 Å². The molecule has 1 aromatic heterocycles. The topological polar surface area (TPSA) is 70.3 Å². The van der Waals surface area contributed by atoms with Crippen molar-refractivity contribution < 1.29 is 9.47 Å². The van der Waals surface area contributed by atoms with Crippen LogP contribution in [0.4, 0.5) is 5.82 Å². The van der Waals surface area contributed by atoms with Gasteiger partial charge in [0.05, 0.1) is 17.8 Å². The summed E-state index contributed by atoms with van der Waals surface area (Å²) in [4.78, 5) is 7.90. The van der Waals surface area contributed by atoms with E-state index in [1.54, 1.807) is 7.11 Å². The van der Waals surface area contributed by atoms with Crippen LogP contribution in [-0.4, -0.2) is 29.3 Å². The van der Waals surface area contributed by atoms with Gasteiger partial charge in [-0.1, -0.05) is 0 Å². The molecule has 0 aliphatic rings. The maximum absolute atomic E-state index is 5.65. The third-order valence-corrected chi connectivity index (χ3v) is 2.57. The molecule has 0 bridgehead atoms. The Balaban J connectivity index is 2.53. The fourth-order valence-electron chi connectivity index (χ4n) is 1.09. The molecular weight excluding hydrogens is 206 g/mol. The van der Waals surface area contributed by atoms with Gasteiger partial charge in [0.15, 0.2) is 0 Å². The maximum Gasteiger partial charge on any atom is 0.221 e. The van der Waals surface area contributed by atoms with Crippen LogP contribution in [0.1, 0.15) is 25.8 Å². The van der Waals surface area contributed by atoms with Gasteiger partial charge in [0.2, 0.25) is 5.88 Å². The molecule has 0 aliphatic carbocycles. The Morgan fingerprint density at radius 2 is 2.06 bits per heavy atom. The van der Waals surface area contributed by atoms with Gasteiger partial charge >= 0.3 is 0 Å². The predicted octanol–water partition coefficient (Wildman–Crippen LogP) is 1.56. The second kappa shape index (κ2) is 5.12. The molecule has 0 saturated carbocycles. The summed E-state index contributed by atoms with van der Waals surface area (Å²) in [6.07, 6.45) is 2.19. The summed E-state index contributed by atoms with van der Waals surface area (Å²) in [6, 6.07) is 0. The Morgan fingerprint density at radius 3 is 2.69 bits per heavy atom. The monoisotopic (exact) mass is 225 g/mol. The van der Waals surface area contributed by atoms with Crippen LogP contribution in [-0.2, 0) is 4.74 Å². The Morgan fingerprint density at radius 1 is 1.38 bits per heavy atom. The average molecular weight is 225 g/mol. The van der Waals surface area contributed by atoms with Gasteiger partial charge in [-0.25, -0.2) is 9.97 Å². The highest BCUT2D eigenvalue weighted by Crippen LogP contribution is 2.19. The maximum atomic E-state index is 5.65. The normalized spacial score (nSPS) is 11.5. The molecule has 90 valence electrons. The molecule has 16 heavy (non-hydrogen) atoms. The summed E-state index contributed by atoms with van der Waals surface area (Å²) in [5, 5.41) is 0. The van der Waals surface area contributed by atoms with Gasteiger partial charge in [-0.05, 0) is 20.8 Å². The van der Waals surface area contributed by atoms with Crippen molar-refractivity contribution in [3.05, 3.63) is 11.9 Å². The highest BCUT2D eigenvalue weighted by Gasteiger charge is 2.16. The van der Waals surface area contributed by atoms with Crippen molar-refractivity contribution in [2.75, 3.05) is 19.5 Å². The third-order valence-electron chi connectivity index (χ3n) is 2.57. The first kappa shape index (κ1) is 12.7. The minimum absolute atomic E-state index is 0.188. The minimum atomic E-state index is -0.188. The summed E-state index contributed by atoms with van der Waals surface area (Å²) in [7, 11) is 1.69. The lowest BCUT2D eigenvalue weighted by atomic mass is 10.1. The smallest absolute Gasteiger partial charge is 0.221 e. The molecule has 1 heterocycles. The summed E-state index contributed by atoms with van der Waals surface area (Å²) in [6.45, 7) is 6.40. The lowest BCUT2D eigenvalue weighted by Gasteiger charge is -2.22. The van der Waals surface area contributed by atoms with Gasteiger partial charge in [0.25, 0.3) is 0 Å². The van der Waals surface area contributed by atoms with Crippen LogP contribution in [0.15, 0.2) is 6.33 Å². The second-order valence-corrected chi connectivity index (χ2v) is 4.25. The van der Waals surface area contributed by atoms with Crippen LogP contribution >= 0.6 is 0 Å². The van der Waals surface area contributed by atoms with Crippen molar-refractivity contribution in [3.63, 3.8) is 0 Å². The molecule has 0 aromatic carbocycles. The molecule has 0 radical (unpaired) electrons. The highest BCUT2D eigenvalue weighted by atomic mass is 16.5. The van der Waals surface area contributed by atoms with Crippen molar-refractivity contribution >= 4 is 5.82 Å². The summed E-state index contributed by atoms with van der Waals surface area (Å²) in [5.74, 6) is 0.996. The average Bonchev–Trinajstić information content (AvgIpc) is 2.24. The summed E-state index contributed by atoms with van der Waals surface area (Å²) >= 11 is 0. The predicted molar refractivity (Wildman–Crippen MR) is 62.4 cm³/mol. The van der Waals surface area contributed by atoms with Crippen molar-refractivity contribution in [3.8, 4) is 5.88 Å². The van der Waals surface area contributed by atoms with E-state index in [2.05, 4.69) is 9.97 Å². The molecule has 1 aromatic rings. The molecule has 0 spiro atoms. The van der Waals surface area contributed by atoms with Crippen LogP contribution in [0, 0.1) is 6.92 Å². The lowest BCUT2D eigenvalue weighted by molar-refractivity contribution is 0.00502. The van der Waals surface area contributed by atoms with Crippen LogP contribution in [0.3, 0.4) is 0 Å². The Bertz CT molecular complexity index is 353. The third kappa shape index (κ3) is 3.34. The molecule has 2 N–H and O–H groups in total. The van der Waals surface area contributed by atoms with E-state index >= 15 is 0 Å². The highest BCUT2D eigenvalue weighted by molar-refractivity contribution is 5.42. The lowest BCUT2D eigenvalue weighted by Crippen LogP contribution is -2.25. The van der Waals surface area contributed by atoms with E-state index in [0.29, 0.717) is 18.3 Å². The molecular formula is C11H19N3O2. The standard InChI is InChI=1S/C11H19N3O2/c1-8-9(12)13-7-14-10(8)16-6-5-11(2,3)15-4/h7H,5-6H2,1-4H3,(H2,12,13,14). The Kier molecular flexibility index (Phi) is 4.06. The number of aromatic nitrogens is 2. The van der Waals surface area contributed by atoms with Gasteiger partial charge in [-0.2, -0.15) is 0 Å². The molecule has 5 nitrogen and oxygen atoms in total. The summed E-state index contributed by atoms with van der Waals surface area (Å²) in [5.41, 5.74) is 6.24. The van der Waals surface area contributed by atoms with Crippen LogP contribution < -0.4 is 10.5 Å². The number of nitrogen functional groups attached to an aromatic ring is 1. The number of hydrogen-bond acceptors (Lipinski definition) is 5. The zero-order chi connectivity index (χ0) is 12.2. The van der Waals surface area contributed by atoms with Crippen molar-refractivity contribution in [1.29, 1.82) is 0 Å². The number of ether oxygens (including phenoxy) is 2. The number of anilines is 1. The van der Waals surface area contributed by atoms with Crippen LogP contribution in [0.2, 0.25) is 0 Å². The van der Waals surface area contributed by atoms with Crippen molar-refractivity contribution in [2.45, 2.75) is 32.8 Å². The zero-order valence-electron chi connectivity index (χ0n) is 10.3. The van der Waals surface area contributed by atoms with Gasteiger partial charge in [-0.15, -0.1) is 0 Å².